The molecule has 0 bridgehead atoms. The van der Waals surface area contributed by atoms with Crippen molar-refractivity contribution in [3.8, 4) is 11.8 Å². The fourth-order valence-corrected chi connectivity index (χ4v) is 5.23. The third kappa shape index (κ3) is 23.8. The van der Waals surface area contributed by atoms with Crippen LogP contribution in [0.5, 0.6) is 0 Å². The van der Waals surface area contributed by atoms with E-state index in [4.69, 9.17) is 29.4 Å². The first kappa shape index (κ1) is 46.4. The smallest absolute Gasteiger partial charge is 0.312 e. The minimum absolute atomic E-state index is 0.00213. The standard InChI is InChI=1S/C39H64N6O9/c1-30(2)35(28-43-34(12-9-18-42-39(40)49)38(48)44-32-15-13-31(3)14-16-32)45-36(46)17-20-50-22-24-52-26-27-53-25-23-51-21-19-41-37(47)29-54-33-10-7-5-4-6-8-11-33/h13-16,30,33-35,43H,4-7,9-10,12,17-29H2,1-3H3,(H,41,47)(H,44,48)(H,45,46)(H3,40,42,49)/t33?,34-,35+/m0/s1. The van der Waals surface area contributed by atoms with E-state index in [9.17, 15) is 19.2 Å². The van der Waals surface area contributed by atoms with Gasteiger partial charge in [0.15, 0.2) is 0 Å². The van der Waals surface area contributed by atoms with Gasteiger partial charge in [0.1, 0.15) is 12.7 Å². The van der Waals surface area contributed by atoms with Crippen molar-refractivity contribution < 1.29 is 42.9 Å². The number of benzene rings is 1. The number of rotatable bonds is 29. The highest BCUT2D eigenvalue weighted by Gasteiger charge is 2.22. The summed E-state index contributed by atoms with van der Waals surface area (Å²) in [7, 11) is 0. The molecular formula is C39H64N6O9. The maximum atomic E-state index is 13.1. The molecule has 0 spiro atoms. The number of nitrogens with two attached hydrogens (primary N) is 1. The second-order valence-corrected chi connectivity index (χ2v) is 13.4. The maximum absolute atomic E-state index is 13.1. The molecule has 0 heterocycles. The number of urea groups is 1. The predicted molar refractivity (Wildman–Crippen MR) is 207 cm³/mol. The van der Waals surface area contributed by atoms with Crippen LogP contribution in [-0.2, 0) is 38.1 Å². The Morgan fingerprint density at radius 3 is 2.17 bits per heavy atom. The zero-order valence-corrected chi connectivity index (χ0v) is 32.5. The molecule has 1 aliphatic carbocycles. The number of carbonyl (C=O) groups excluding carboxylic acids is 4. The molecule has 0 saturated heterocycles. The monoisotopic (exact) mass is 760 g/mol. The van der Waals surface area contributed by atoms with E-state index in [0.717, 1.165) is 37.7 Å². The number of carbonyl (C=O) groups is 4. The van der Waals surface area contributed by atoms with Crippen LogP contribution in [0.15, 0.2) is 24.3 Å². The molecule has 1 aliphatic rings. The van der Waals surface area contributed by atoms with Gasteiger partial charge in [-0.15, -0.1) is 5.92 Å². The predicted octanol–water partition coefficient (Wildman–Crippen LogP) is 2.41. The molecule has 15 nitrogen and oxygen atoms in total. The molecule has 0 radical (unpaired) electrons. The molecule has 0 aliphatic heterocycles. The Kier molecular flexibility index (Phi) is 25.4. The van der Waals surface area contributed by atoms with E-state index in [2.05, 4.69) is 38.4 Å². The Bertz CT molecular complexity index is 1270. The largest absolute Gasteiger partial charge is 0.379 e. The van der Waals surface area contributed by atoms with Crippen molar-refractivity contribution in [2.75, 3.05) is 84.4 Å². The fraction of sp³-hybridized carbons (Fsp3) is 0.692. The molecule has 15 heteroatoms. The van der Waals surface area contributed by atoms with Gasteiger partial charge in [-0.1, -0.05) is 43.9 Å². The minimum atomic E-state index is -0.610. The lowest BCUT2D eigenvalue weighted by atomic mass is 10.0. The highest BCUT2D eigenvalue weighted by Crippen LogP contribution is 2.12. The normalized spacial score (nSPS) is 15.2. The number of ether oxygens (including phenoxy) is 5. The molecule has 0 saturated carbocycles. The van der Waals surface area contributed by atoms with Crippen LogP contribution >= 0.6 is 0 Å². The SMILES string of the molecule is Cc1ccc(NC(=O)[C@H](CCCNC(N)=O)NC[C@@H](NC(=O)CCOCCOCCOCCOCCNC(=O)COC2C#CCCCCC2)C(C)C)cc1. The first-order valence-electron chi connectivity index (χ1n) is 19.2. The van der Waals surface area contributed by atoms with Crippen molar-refractivity contribution in [1.82, 2.24) is 21.3 Å². The number of anilines is 1. The van der Waals surface area contributed by atoms with E-state index in [1.807, 2.05) is 45.0 Å². The number of primary amides is 1. The Balaban J connectivity index is 1.50. The van der Waals surface area contributed by atoms with E-state index in [1.165, 1.54) is 0 Å². The topological polar surface area (TPSA) is 201 Å². The molecule has 3 atom stereocenters. The van der Waals surface area contributed by atoms with Crippen LogP contribution in [0.25, 0.3) is 0 Å². The van der Waals surface area contributed by atoms with Crippen LogP contribution in [0.2, 0.25) is 0 Å². The van der Waals surface area contributed by atoms with Gasteiger partial charge in [0.2, 0.25) is 17.7 Å². The number of amides is 5. The van der Waals surface area contributed by atoms with E-state index >= 15 is 0 Å². The first-order chi connectivity index (χ1) is 26.1. The lowest BCUT2D eigenvalue weighted by Gasteiger charge is -2.26. The van der Waals surface area contributed by atoms with Crippen molar-refractivity contribution in [2.24, 2.45) is 11.7 Å². The number of nitrogens with one attached hydrogen (secondary N) is 5. The van der Waals surface area contributed by atoms with Gasteiger partial charge in [0.25, 0.3) is 0 Å². The molecule has 2 rings (SSSR count). The van der Waals surface area contributed by atoms with Crippen LogP contribution in [0.1, 0.15) is 70.8 Å². The van der Waals surface area contributed by atoms with Gasteiger partial charge in [-0.25, -0.2) is 4.79 Å². The van der Waals surface area contributed by atoms with Gasteiger partial charge in [0.05, 0.1) is 58.9 Å². The van der Waals surface area contributed by atoms with Gasteiger partial charge in [-0.3, -0.25) is 14.4 Å². The molecule has 304 valence electrons. The molecule has 1 aromatic carbocycles. The van der Waals surface area contributed by atoms with Crippen LogP contribution < -0.4 is 32.3 Å². The zero-order valence-electron chi connectivity index (χ0n) is 32.5. The van der Waals surface area contributed by atoms with Gasteiger partial charge < -0.3 is 56.0 Å². The van der Waals surface area contributed by atoms with E-state index in [1.54, 1.807) is 0 Å². The second-order valence-electron chi connectivity index (χ2n) is 13.4. The number of hydrogen-bond donors (Lipinski definition) is 6. The minimum Gasteiger partial charge on any atom is -0.379 e. The van der Waals surface area contributed by atoms with Gasteiger partial charge in [-0.2, -0.15) is 0 Å². The van der Waals surface area contributed by atoms with Gasteiger partial charge in [-0.05, 0) is 57.1 Å². The lowest BCUT2D eigenvalue weighted by molar-refractivity contribution is -0.127. The molecular weight excluding hydrogens is 696 g/mol. The molecule has 1 aromatic rings. The molecule has 54 heavy (non-hydrogen) atoms. The van der Waals surface area contributed by atoms with Gasteiger partial charge >= 0.3 is 6.03 Å². The summed E-state index contributed by atoms with van der Waals surface area (Å²) in [5, 5.41) is 14.6. The Morgan fingerprint density at radius 1 is 0.833 bits per heavy atom. The summed E-state index contributed by atoms with van der Waals surface area (Å²) in [6, 6.07) is 6.17. The van der Waals surface area contributed by atoms with Gasteiger partial charge in [0, 0.05) is 44.2 Å². The average molecular weight is 761 g/mol. The van der Waals surface area contributed by atoms with Crippen molar-refractivity contribution in [1.29, 1.82) is 0 Å². The Morgan fingerprint density at radius 2 is 1.50 bits per heavy atom. The summed E-state index contributed by atoms with van der Waals surface area (Å²) in [6.07, 6.45) is 6.15. The highest BCUT2D eigenvalue weighted by molar-refractivity contribution is 5.94. The molecule has 1 unspecified atom stereocenters. The summed E-state index contributed by atoms with van der Waals surface area (Å²) in [6.45, 7) is 10.1. The van der Waals surface area contributed by atoms with Crippen LogP contribution in [-0.4, -0.2) is 121 Å². The lowest BCUT2D eigenvalue weighted by Crippen LogP contribution is -2.50. The van der Waals surface area contributed by atoms with Crippen LogP contribution in [0.3, 0.4) is 0 Å². The first-order valence-corrected chi connectivity index (χ1v) is 19.2. The molecule has 0 fully saturated rings. The molecule has 0 aromatic heterocycles. The molecule has 5 amide bonds. The summed E-state index contributed by atoms with van der Waals surface area (Å²) in [4.78, 5) is 48.9. The van der Waals surface area contributed by atoms with Crippen LogP contribution in [0, 0.1) is 24.7 Å². The van der Waals surface area contributed by atoms with Crippen molar-refractivity contribution in [3.05, 3.63) is 29.8 Å². The van der Waals surface area contributed by atoms with Crippen LogP contribution in [0.4, 0.5) is 10.5 Å². The maximum Gasteiger partial charge on any atom is 0.312 e. The van der Waals surface area contributed by atoms with E-state index in [-0.39, 0.29) is 55.4 Å². The fourth-order valence-electron chi connectivity index (χ4n) is 5.23. The zero-order chi connectivity index (χ0) is 39.2. The summed E-state index contributed by atoms with van der Waals surface area (Å²) < 4.78 is 27.7. The third-order valence-electron chi connectivity index (χ3n) is 8.44. The van der Waals surface area contributed by atoms with Crippen molar-refractivity contribution >= 4 is 29.4 Å². The molecule has 7 N–H and O–H groups in total. The summed E-state index contributed by atoms with van der Waals surface area (Å²) >= 11 is 0. The van der Waals surface area contributed by atoms with Crippen molar-refractivity contribution in [3.63, 3.8) is 0 Å². The Labute approximate surface area is 321 Å². The van der Waals surface area contributed by atoms with Crippen molar-refractivity contribution in [2.45, 2.75) is 90.3 Å². The number of hydrogen-bond acceptors (Lipinski definition) is 10. The third-order valence-corrected chi connectivity index (χ3v) is 8.44. The van der Waals surface area contributed by atoms with E-state index in [0.29, 0.717) is 84.4 Å². The highest BCUT2D eigenvalue weighted by atomic mass is 16.6. The van der Waals surface area contributed by atoms with E-state index < -0.39 is 12.1 Å². The number of aryl methyl sites for hydroxylation is 1. The second kappa shape index (κ2) is 29.6. The Hall–Kier alpha value is -3.78. The summed E-state index contributed by atoms with van der Waals surface area (Å²) in [5.74, 6) is 5.78. The quantitative estimate of drug-likeness (QED) is 0.0521. The summed E-state index contributed by atoms with van der Waals surface area (Å²) in [5.41, 5.74) is 6.95. The average Bonchev–Trinajstić information content (AvgIpc) is 3.12.